The molecule has 0 aromatic heterocycles. The van der Waals surface area contributed by atoms with E-state index in [1.807, 2.05) is 0 Å². The molecule has 0 radical (unpaired) electrons. The van der Waals surface area contributed by atoms with Crippen molar-refractivity contribution in [1.29, 1.82) is 0 Å². The van der Waals surface area contributed by atoms with Gasteiger partial charge in [-0.25, -0.2) is 6.07 Å². The van der Waals surface area contributed by atoms with Gasteiger partial charge in [0.05, 0.1) is 0 Å². The van der Waals surface area contributed by atoms with Gasteiger partial charge < -0.3 is 24.8 Å². The van der Waals surface area contributed by atoms with E-state index in [9.17, 15) is 0 Å². The number of hydrogen-bond acceptors (Lipinski definition) is 0. The third-order valence-corrected chi connectivity index (χ3v) is 5.77. The van der Waals surface area contributed by atoms with E-state index in [0.29, 0.717) is 5.41 Å². The zero-order chi connectivity index (χ0) is 23.5. The minimum absolute atomic E-state index is 0. The van der Waals surface area contributed by atoms with E-state index in [1.54, 1.807) is 24.2 Å². The van der Waals surface area contributed by atoms with E-state index in [1.165, 1.54) is 58.8 Å². The van der Waals surface area contributed by atoms with E-state index < -0.39 is 0 Å². The Bertz CT molecular complexity index is 1020. The Morgan fingerprint density at radius 1 is 0.848 bits per heavy atom. The topological polar surface area (TPSA) is 0 Å². The van der Waals surface area contributed by atoms with Gasteiger partial charge in [0.15, 0.2) is 0 Å². The molecular formula is C30H38Cl2Zr-2. The Labute approximate surface area is 230 Å². The fourth-order valence-electron chi connectivity index (χ4n) is 3.68. The van der Waals surface area contributed by atoms with Crippen LogP contribution in [0.5, 0.6) is 0 Å². The second-order valence-corrected chi connectivity index (χ2v) is 12.6. The first-order valence-corrected chi connectivity index (χ1v) is 12.4. The summed E-state index contributed by atoms with van der Waals surface area (Å²) in [6, 6.07) is 17.2. The molecule has 0 heterocycles. The summed E-state index contributed by atoms with van der Waals surface area (Å²) in [4.78, 5) is 0. The molecule has 0 saturated heterocycles. The summed E-state index contributed by atoms with van der Waals surface area (Å²) in [6.07, 6.45) is 1.05. The minimum atomic E-state index is 0. The van der Waals surface area contributed by atoms with Crippen molar-refractivity contribution < 1.29 is 49.0 Å². The molecule has 1 aliphatic rings. The third-order valence-electron chi connectivity index (χ3n) is 5.77. The second kappa shape index (κ2) is 13.3. The average molecular weight is 561 g/mol. The number of benzene rings is 2. The normalized spacial score (nSPS) is 10.9. The third kappa shape index (κ3) is 9.01. The van der Waals surface area contributed by atoms with Crippen LogP contribution < -0.4 is 24.8 Å². The van der Waals surface area contributed by atoms with E-state index in [-0.39, 0.29) is 24.8 Å². The second-order valence-electron chi connectivity index (χ2n) is 10.2. The Kier molecular flexibility index (Phi) is 12.9. The average Bonchev–Trinajstić information content (AvgIpc) is 3.20. The van der Waals surface area contributed by atoms with Crippen molar-refractivity contribution >= 4 is 3.21 Å². The van der Waals surface area contributed by atoms with Crippen molar-refractivity contribution in [3.8, 4) is 11.1 Å². The monoisotopic (exact) mass is 558 g/mol. The van der Waals surface area contributed by atoms with Crippen LogP contribution in [0.15, 0.2) is 36.4 Å². The summed E-state index contributed by atoms with van der Waals surface area (Å²) in [7, 11) is 0. The van der Waals surface area contributed by atoms with Gasteiger partial charge in [-0.3, -0.25) is 0 Å². The van der Waals surface area contributed by atoms with Crippen molar-refractivity contribution in [2.24, 2.45) is 0 Å². The number of aryl methyl sites for hydroxylation is 5. The molecule has 0 aliphatic heterocycles. The summed E-state index contributed by atoms with van der Waals surface area (Å²) in [6.45, 7) is 21.8. The van der Waals surface area contributed by atoms with Crippen LogP contribution in [0, 0.1) is 40.7 Å². The molecule has 0 bridgehead atoms. The molecule has 0 nitrogen and oxygen atoms in total. The molecule has 33 heavy (non-hydrogen) atoms. The molecular weight excluding hydrogens is 522 g/mol. The summed E-state index contributed by atoms with van der Waals surface area (Å²) < 4.78 is 1.51. The Balaban J connectivity index is 0.000000552. The van der Waals surface area contributed by atoms with Crippen LogP contribution in [0.25, 0.3) is 11.1 Å². The van der Waals surface area contributed by atoms with Crippen LogP contribution >= 0.6 is 0 Å². The van der Waals surface area contributed by atoms with E-state index in [2.05, 4.69) is 112 Å². The van der Waals surface area contributed by atoms with Crippen molar-refractivity contribution in [1.82, 2.24) is 0 Å². The standard InChI is InChI=1S/C17H17.C10H15.C3H6.2ClH.Zr/c1-10-5-14-9-15-6-11(2)13(4)8-17(15)16(14)7-12(10)3;1-8-5-6-9(7-8)10(2,3)4;1-3-2;;;/h5,7-8H,9H2,1-4H3;5-7H,1-4H3;1-2H3;2*1H;/q2*-1;;;;+2/p-2. The molecule has 0 fully saturated rings. The SMILES string of the molecule is C[C](C)=[Zr+2].Cc1[c-]c2c(cc1C)-c1cc(C)c(C)cc1C2.Cc1cc(C(C)(C)C)c[cH-]1.[Cl-].[Cl-]. The van der Waals surface area contributed by atoms with Crippen molar-refractivity contribution in [3.05, 3.63) is 87.0 Å². The van der Waals surface area contributed by atoms with E-state index in [0.717, 1.165) is 6.42 Å². The first-order valence-electron chi connectivity index (χ1n) is 11.2. The maximum Gasteiger partial charge on any atom is -0.0253 e. The van der Waals surface area contributed by atoms with Gasteiger partial charge >= 0.3 is 41.3 Å². The zero-order valence-corrected chi connectivity index (χ0v) is 25.9. The van der Waals surface area contributed by atoms with Gasteiger partial charge in [0.1, 0.15) is 0 Å². The van der Waals surface area contributed by atoms with Gasteiger partial charge in [-0.2, -0.15) is 46.5 Å². The molecule has 0 unspecified atom stereocenters. The predicted molar refractivity (Wildman–Crippen MR) is 134 cm³/mol. The number of rotatable bonds is 0. The van der Waals surface area contributed by atoms with Gasteiger partial charge in [0, 0.05) is 0 Å². The van der Waals surface area contributed by atoms with E-state index in [4.69, 9.17) is 0 Å². The largest absolute Gasteiger partial charge is 1.00 e. The maximum atomic E-state index is 3.54. The molecule has 0 amide bonds. The molecule has 3 aromatic rings. The van der Waals surface area contributed by atoms with E-state index >= 15 is 0 Å². The Hall–Kier alpha value is -0.877. The van der Waals surface area contributed by atoms with Gasteiger partial charge in [-0.1, -0.05) is 64.7 Å². The van der Waals surface area contributed by atoms with Gasteiger partial charge in [-0.15, -0.1) is 11.1 Å². The van der Waals surface area contributed by atoms with Crippen LogP contribution in [0.3, 0.4) is 0 Å². The van der Waals surface area contributed by atoms with Crippen molar-refractivity contribution in [2.75, 3.05) is 0 Å². The van der Waals surface area contributed by atoms with Crippen molar-refractivity contribution in [3.63, 3.8) is 0 Å². The van der Waals surface area contributed by atoms with Gasteiger partial charge in [0.25, 0.3) is 0 Å². The fraction of sp³-hybridized carbons (Fsp3) is 0.400. The smallest absolute Gasteiger partial charge is 0.0253 e. The van der Waals surface area contributed by atoms with Crippen LogP contribution in [-0.4, -0.2) is 3.21 Å². The number of halogens is 2. The molecule has 178 valence electrons. The van der Waals surface area contributed by atoms with Crippen LogP contribution in [0.2, 0.25) is 0 Å². The molecule has 4 rings (SSSR count). The predicted octanol–water partition coefficient (Wildman–Crippen LogP) is 2.06. The first-order chi connectivity index (χ1) is 14.3. The Morgan fingerprint density at radius 3 is 1.82 bits per heavy atom. The molecule has 3 heteroatoms. The molecule has 1 aliphatic carbocycles. The summed E-state index contributed by atoms with van der Waals surface area (Å²) >= 11 is 1.55. The molecule has 0 N–H and O–H groups in total. The van der Waals surface area contributed by atoms with Gasteiger partial charge in [-0.05, 0) is 37.0 Å². The number of hydrogen-bond donors (Lipinski definition) is 0. The quantitative estimate of drug-likeness (QED) is 0.289. The molecule has 0 spiro atoms. The Morgan fingerprint density at radius 2 is 1.36 bits per heavy atom. The summed E-state index contributed by atoms with van der Waals surface area (Å²) in [5.41, 5.74) is 14.2. The van der Waals surface area contributed by atoms with Gasteiger partial charge in [0.2, 0.25) is 0 Å². The zero-order valence-electron chi connectivity index (χ0n) is 21.9. The van der Waals surface area contributed by atoms with Crippen molar-refractivity contribution in [2.45, 2.75) is 81.1 Å². The first kappa shape index (κ1) is 32.1. The molecule has 0 atom stereocenters. The fourth-order valence-corrected chi connectivity index (χ4v) is 3.68. The van der Waals surface area contributed by atoms with Crippen LogP contribution in [0.1, 0.15) is 79.1 Å². The van der Waals surface area contributed by atoms with Crippen LogP contribution in [-0.2, 0) is 36.1 Å². The minimum Gasteiger partial charge on any atom is -1.00 e. The summed E-state index contributed by atoms with van der Waals surface area (Å²) in [5.74, 6) is 0. The molecule has 0 saturated carbocycles. The molecule has 3 aromatic carbocycles. The van der Waals surface area contributed by atoms with Crippen LogP contribution in [0.4, 0.5) is 0 Å². The number of fused-ring (bicyclic) bond motifs is 3. The summed E-state index contributed by atoms with van der Waals surface area (Å²) in [5, 5.41) is 0. The maximum absolute atomic E-state index is 3.54.